The maximum absolute atomic E-state index is 11.3. The highest BCUT2D eigenvalue weighted by Crippen LogP contribution is 2.32. The monoisotopic (exact) mass is 281 g/mol. The van der Waals surface area contributed by atoms with Gasteiger partial charge in [-0.1, -0.05) is 20.3 Å². The van der Waals surface area contributed by atoms with Crippen LogP contribution >= 0.6 is 0 Å². The highest BCUT2D eigenvalue weighted by molar-refractivity contribution is 5.60. The number of aryl methyl sites for hydroxylation is 1. The Morgan fingerprint density at radius 2 is 2.30 bits per heavy atom. The van der Waals surface area contributed by atoms with Gasteiger partial charge in [-0.05, 0) is 19.4 Å². The first kappa shape index (κ1) is 14.8. The fraction of sp³-hybridized carbons (Fsp3) is 0.769. The van der Waals surface area contributed by atoms with Crippen LogP contribution in [-0.4, -0.2) is 33.8 Å². The Kier molecular flexibility index (Phi) is 4.59. The molecule has 7 nitrogen and oxygen atoms in total. The van der Waals surface area contributed by atoms with E-state index in [9.17, 15) is 10.1 Å². The van der Waals surface area contributed by atoms with E-state index in [1.165, 1.54) is 12.8 Å². The lowest BCUT2D eigenvalue weighted by atomic mass is 10.1. The van der Waals surface area contributed by atoms with Crippen molar-refractivity contribution in [3.05, 3.63) is 15.8 Å². The summed E-state index contributed by atoms with van der Waals surface area (Å²) in [6, 6.07) is 0.376. The maximum atomic E-state index is 11.3. The second-order valence-corrected chi connectivity index (χ2v) is 5.65. The van der Waals surface area contributed by atoms with Crippen molar-refractivity contribution in [2.24, 2.45) is 7.05 Å². The van der Waals surface area contributed by atoms with Crippen LogP contribution in [0.2, 0.25) is 0 Å². The van der Waals surface area contributed by atoms with Gasteiger partial charge in [-0.25, -0.2) is 4.68 Å². The van der Waals surface area contributed by atoms with Crippen LogP contribution in [0.4, 0.5) is 11.5 Å². The predicted octanol–water partition coefficient (Wildman–Crippen LogP) is 2.01. The van der Waals surface area contributed by atoms with E-state index in [2.05, 4.69) is 15.7 Å². The third-order valence-corrected chi connectivity index (χ3v) is 3.71. The molecule has 0 amide bonds. The minimum atomic E-state index is -0.334. The second kappa shape index (κ2) is 6.21. The fourth-order valence-corrected chi connectivity index (χ4v) is 2.62. The Hall–Kier alpha value is -1.63. The van der Waals surface area contributed by atoms with Gasteiger partial charge in [0.25, 0.3) is 0 Å². The third-order valence-electron chi connectivity index (χ3n) is 3.71. The lowest BCUT2D eigenvalue weighted by Crippen LogP contribution is -2.39. The summed E-state index contributed by atoms with van der Waals surface area (Å²) in [5.74, 6) is 0.538. The van der Waals surface area contributed by atoms with Crippen LogP contribution in [0.5, 0.6) is 0 Å². The van der Waals surface area contributed by atoms with E-state index in [1.54, 1.807) is 11.7 Å². The van der Waals surface area contributed by atoms with E-state index < -0.39 is 0 Å². The van der Waals surface area contributed by atoms with Gasteiger partial charge in [0.05, 0.1) is 4.92 Å². The molecule has 1 fully saturated rings. The molecule has 1 unspecified atom stereocenters. The van der Waals surface area contributed by atoms with Gasteiger partial charge in [-0.2, -0.15) is 5.10 Å². The number of anilines is 1. The van der Waals surface area contributed by atoms with Crippen LogP contribution < -0.4 is 10.6 Å². The van der Waals surface area contributed by atoms with Crippen molar-refractivity contribution in [2.75, 3.05) is 18.4 Å². The lowest BCUT2D eigenvalue weighted by Gasteiger charge is -2.23. The van der Waals surface area contributed by atoms with Crippen molar-refractivity contribution in [1.82, 2.24) is 15.1 Å². The molecule has 1 aromatic rings. The molecule has 1 saturated heterocycles. The molecule has 1 atom stereocenters. The minimum absolute atomic E-state index is 0.0324. The summed E-state index contributed by atoms with van der Waals surface area (Å²) in [7, 11) is 1.75. The Bertz CT molecular complexity index is 477. The molecular weight excluding hydrogens is 258 g/mol. The normalized spacial score (nSPS) is 19.3. The van der Waals surface area contributed by atoms with Crippen LogP contribution in [0.1, 0.15) is 44.7 Å². The standard InChI is InChI=1S/C13H23N5O2/c1-9(2)11-12(18(19)20)13(17(3)16-11)15-8-10-6-4-5-7-14-10/h9-10,14-15H,4-8H2,1-3H3. The van der Waals surface area contributed by atoms with Crippen molar-refractivity contribution >= 4 is 11.5 Å². The molecule has 0 saturated carbocycles. The Morgan fingerprint density at radius 1 is 1.55 bits per heavy atom. The minimum Gasteiger partial charge on any atom is -0.363 e. The molecule has 7 heteroatoms. The molecule has 2 N–H and O–H groups in total. The van der Waals surface area contributed by atoms with E-state index >= 15 is 0 Å². The van der Waals surface area contributed by atoms with E-state index in [1.807, 2.05) is 13.8 Å². The fourth-order valence-electron chi connectivity index (χ4n) is 2.62. The molecule has 0 spiro atoms. The molecule has 1 aliphatic rings. The number of nitrogens with one attached hydrogen (secondary N) is 2. The first-order valence-corrected chi connectivity index (χ1v) is 7.19. The molecule has 2 rings (SSSR count). The number of hydrogen-bond acceptors (Lipinski definition) is 5. The van der Waals surface area contributed by atoms with Gasteiger partial charge < -0.3 is 10.6 Å². The molecule has 0 bridgehead atoms. The highest BCUT2D eigenvalue weighted by Gasteiger charge is 2.28. The highest BCUT2D eigenvalue weighted by atomic mass is 16.6. The summed E-state index contributed by atoms with van der Waals surface area (Å²) < 4.78 is 1.58. The maximum Gasteiger partial charge on any atom is 0.334 e. The Labute approximate surface area is 118 Å². The lowest BCUT2D eigenvalue weighted by molar-refractivity contribution is -0.384. The van der Waals surface area contributed by atoms with Crippen LogP contribution in [0, 0.1) is 10.1 Å². The summed E-state index contributed by atoms with van der Waals surface area (Å²) >= 11 is 0. The number of rotatable bonds is 5. The third kappa shape index (κ3) is 3.09. The summed E-state index contributed by atoms with van der Waals surface area (Å²) in [5.41, 5.74) is 0.648. The largest absolute Gasteiger partial charge is 0.363 e. The molecule has 2 heterocycles. The Morgan fingerprint density at radius 3 is 2.85 bits per heavy atom. The molecule has 1 aliphatic heterocycles. The van der Waals surface area contributed by atoms with Gasteiger partial charge in [0.1, 0.15) is 5.69 Å². The van der Waals surface area contributed by atoms with Gasteiger partial charge in [-0.15, -0.1) is 0 Å². The summed E-state index contributed by atoms with van der Waals surface area (Å²) in [5, 5.41) is 22.2. The predicted molar refractivity (Wildman–Crippen MR) is 78.1 cm³/mol. The number of hydrogen-bond donors (Lipinski definition) is 2. The molecule has 0 aromatic carbocycles. The van der Waals surface area contributed by atoms with Gasteiger partial charge in [0.2, 0.25) is 5.82 Å². The average Bonchev–Trinajstić information content (AvgIpc) is 2.75. The average molecular weight is 281 g/mol. The van der Waals surface area contributed by atoms with Crippen molar-refractivity contribution in [3.8, 4) is 0 Å². The van der Waals surface area contributed by atoms with Gasteiger partial charge >= 0.3 is 5.69 Å². The molecule has 0 radical (unpaired) electrons. The topological polar surface area (TPSA) is 85.0 Å². The number of piperidine rings is 1. The first-order chi connectivity index (χ1) is 9.50. The molecule has 0 aliphatic carbocycles. The zero-order chi connectivity index (χ0) is 14.7. The molecule has 1 aromatic heterocycles. The van der Waals surface area contributed by atoms with Crippen LogP contribution in [0.3, 0.4) is 0 Å². The van der Waals surface area contributed by atoms with Crippen LogP contribution in [0.15, 0.2) is 0 Å². The quantitative estimate of drug-likeness (QED) is 0.637. The number of nitro groups is 1. The van der Waals surface area contributed by atoms with Crippen molar-refractivity contribution < 1.29 is 4.92 Å². The SMILES string of the molecule is CC(C)c1nn(C)c(NCC2CCCCN2)c1[N+](=O)[O-]. The Balaban J connectivity index is 2.15. The molecule has 20 heavy (non-hydrogen) atoms. The van der Waals surface area contributed by atoms with E-state index in [-0.39, 0.29) is 16.5 Å². The van der Waals surface area contributed by atoms with Gasteiger partial charge in [0, 0.05) is 25.6 Å². The van der Waals surface area contributed by atoms with Gasteiger partial charge in [0.15, 0.2) is 0 Å². The van der Waals surface area contributed by atoms with E-state index in [4.69, 9.17) is 0 Å². The van der Waals surface area contributed by atoms with E-state index in [0.717, 1.165) is 13.0 Å². The van der Waals surface area contributed by atoms with Crippen LogP contribution in [0.25, 0.3) is 0 Å². The molecular formula is C13H23N5O2. The van der Waals surface area contributed by atoms with Gasteiger partial charge in [-0.3, -0.25) is 10.1 Å². The zero-order valence-electron chi connectivity index (χ0n) is 12.3. The molecule has 112 valence electrons. The van der Waals surface area contributed by atoms with Crippen LogP contribution in [-0.2, 0) is 7.05 Å². The first-order valence-electron chi connectivity index (χ1n) is 7.19. The van der Waals surface area contributed by atoms with Crippen molar-refractivity contribution in [2.45, 2.75) is 45.1 Å². The number of nitrogens with zero attached hydrogens (tertiary/aromatic N) is 3. The number of aromatic nitrogens is 2. The smallest absolute Gasteiger partial charge is 0.334 e. The van der Waals surface area contributed by atoms with Crippen molar-refractivity contribution in [1.29, 1.82) is 0 Å². The van der Waals surface area contributed by atoms with Crippen molar-refractivity contribution in [3.63, 3.8) is 0 Å². The summed E-state index contributed by atoms with van der Waals surface area (Å²) in [6.45, 7) is 5.55. The second-order valence-electron chi connectivity index (χ2n) is 5.65. The summed E-state index contributed by atoms with van der Waals surface area (Å²) in [4.78, 5) is 11.0. The summed E-state index contributed by atoms with van der Waals surface area (Å²) in [6.07, 6.45) is 3.53. The van der Waals surface area contributed by atoms with E-state index in [0.29, 0.717) is 24.1 Å². The zero-order valence-corrected chi connectivity index (χ0v) is 12.3.